The molecule has 0 bridgehead atoms. The quantitative estimate of drug-likeness (QED) is 0.863. The van der Waals surface area contributed by atoms with E-state index in [0.717, 1.165) is 39.0 Å². The molecule has 1 aromatic carbocycles. The SMILES string of the molecule is CCCC1CN(CC(=O)O)CCN1Cc1ccccc1. The van der Waals surface area contributed by atoms with E-state index < -0.39 is 5.97 Å². The number of hydrogen-bond donors (Lipinski definition) is 1. The fraction of sp³-hybridized carbons (Fsp3) is 0.562. The Labute approximate surface area is 121 Å². The van der Waals surface area contributed by atoms with Crippen LogP contribution in [0, 0.1) is 0 Å². The van der Waals surface area contributed by atoms with Crippen molar-refractivity contribution in [2.24, 2.45) is 0 Å². The first kappa shape index (κ1) is 15.0. The van der Waals surface area contributed by atoms with Crippen molar-refractivity contribution < 1.29 is 9.90 Å². The maximum Gasteiger partial charge on any atom is 0.317 e. The Balaban J connectivity index is 1.96. The molecule has 0 aliphatic carbocycles. The number of hydrogen-bond acceptors (Lipinski definition) is 3. The summed E-state index contributed by atoms with van der Waals surface area (Å²) in [6.07, 6.45) is 2.26. The summed E-state index contributed by atoms with van der Waals surface area (Å²) in [4.78, 5) is 15.4. The fourth-order valence-corrected chi connectivity index (χ4v) is 2.93. The molecule has 0 saturated carbocycles. The zero-order chi connectivity index (χ0) is 14.4. The molecule has 2 rings (SSSR count). The summed E-state index contributed by atoms with van der Waals surface area (Å²) >= 11 is 0. The Morgan fingerprint density at radius 3 is 2.70 bits per heavy atom. The van der Waals surface area contributed by atoms with E-state index in [-0.39, 0.29) is 6.54 Å². The van der Waals surface area contributed by atoms with Gasteiger partial charge in [0.05, 0.1) is 6.54 Å². The predicted molar refractivity (Wildman–Crippen MR) is 79.6 cm³/mol. The molecule has 0 radical (unpaired) electrons. The van der Waals surface area contributed by atoms with Gasteiger partial charge in [0, 0.05) is 32.2 Å². The van der Waals surface area contributed by atoms with E-state index in [0.29, 0.717) is 6.04 Å². The summed E-state index contributed by atoms with van der Waals surface area (Å²) in [6, 6.07) is 11.0. The summed E-state index contributed by atoms with van der Waals surface area (Å²) in [5.74, 6) is -0.725. The van der Waals surface area contributed by atoms with Crippen LogP contribution in [0.4, 0.5) is 0 Å². The Morgan fingerprint density at radius 2 is 2.05 bits per heavy atom. The van der Waals surface area contributed by atoms with Gasteiger partial charge in [0.2, 0.25) is 0 Å². The van der Waals surface area contributed by atoms with E-state index in [1.807, 2.05) is 6.07 Å². The summed E-state index contributed by atoms with van der Waals surface area (Å²) in [6.45, 7) is 5.99. The van der Waals surface area contributed by atoms with Crippen molar-refractivity contribution in [1.29, 1.82) is 0 Å². The Kier molecular flexibility index (Phi) is 5.56. The summed E-state index contributed by atoms with van der Waals surface area (Å²) in [5, 5.41) is 8.93. The first-order chi connectivity index (χ1) is 9.69. The molecule has 1 saturated heterocycles. The van der Waals surface area contributed by atoms with E-state index >= 15 is 0 Å². The molecule has 1 heterocycles. The summed E-state index contributed by atoms with van der Waals surface area (Å²) < 4.78 is 0. The molecule has 1 atom stereocenters. The summed E-state index contributed by atoms with van der Waals surface area (Å²) in [5.41, 5.74) is 1.33. The molecule has 0 spiro atoms. The average Bonchev–Trinajstić information content (AvgIpc) is 2.42. The number of rotatable bonds is 6. The maximum absolute atomic E-state index is 10.8. The van der Waals surface area contributed by atoms with Crippen LogP contribution < -0.4 is 0 Å². The predicted octanol–water partition coefficient (Wildman–Crippen LogP) is 2.06. The second-order valence-corrected chi connectivity index (χ2v) is 5.53. The molecule has 4 heteroatoms. The van der Waals surface area contributed by atoms with E-state index in [1.165, 1.54) is 5.56 Å². The largest absolute Gasteiger partial charge is 0.480 e. The van der Waals surface area contributed by atoms with Crippen LogP contribution in [0.15, 0.2) is 30.3 Å². The van der Waals surface area contributed by atoms with E-state index in [9.17, 15) is 4.79 Å². The van der Waals surface area contributed by atoms with Crippen molar-refractivity contribution in [3.05, 3.63) is 35.9 Å². The van der Waals surface area contributed by atoms with E-state index in [2.05, 4.69) is 41.0 Å². The average molecular weight is 276 g/mol. The third-order valence-corrected chi connectivity index (χ3v) is 3.90. The lowest BCUT2D eigenvalue weighted by Gasteiger charge is -2.41. The molecule has 1 fully saturated rings. The van der Waals surface area contributed by atoms with E-state index in [1.54, 1.807) is 0 Å². The second kappa shape index (κ2) is 7.41. The van der Waals surface area contributed by atoms with E-state index in [4.69, 9.17) is 5.11 Å². The standard InChI is InChI=1S/C16H24N2O2/c1-2-6-15-12-17(13-16(19)20)9-10-18(15)11-14-7-4-3-5-8-14/h3-5,7-8,15H,2,6,9-13H2,1H3,(H,19,20). The minimum Gasteiger partial charge on any atom is -0.480 e. The van der Waals surface area contributed by atoms with Crippen molar-refractivity contribution in [3.8, 4) is 0 Å². The van der Waals surface area contributed by atoms with Crippen LogP contribution in [0.5, 0.6) is 0 Å². The van der Waals surface area contributed by atoms with Crippen LogP contribution in [0.25, 0.3) is 0 Å². The first-order valence-electron chi connectivity index (χ1n) is 7.41. The third-order valence-electron chi connectivity index (χ3n) is 3.90. The van der Waals surface area contributed by atoms with Crippen LogP contribution >= 0.6 is 0 Å². The highest BCUT2D eigenvalue weighted by atomic mass is 16.4. The van der Waals surface area contributed by atoms with Crippen LogP contribution in [0.2, 0.25) is 0 Å². The monoisotopic (exact) mass is 276 g/mol. The number of aliphatic carboxylic acids is 1. The Morgan fingerprint density at radius 1 is 1.30 bits per heavy atom. The van der Waals surface area contributed by atoms with Crippen LogP contribution in [-0.4, -0.2) is 53.1 Å². The topological polar surface area (TPSA) is 43.8 Å². The van der Waals surface area contributed by atoms with Gasteiger partial charge in [-0.3, -0.25) is 14.6 Å². The molecule has 1 aliphatic rings. The molecule has 1 aliphatic heterocycles. The molecule has 1 aromatic rings. The molecule has 20 heavy (non-hydrogen) atoms. The van der Waals surface area contributed by atoms with Gasteiger partial charge in [0.25, 0.3) is 0 Å². The van der Waals surface area contributed by atoms with Gasteiger partial charge in [-0.25, -0.2) is 0 Å². The van der Waals surface area contributed by atoms with Gasteiger partial charge in [-0.05, 0) is 12.0 Å². The lowest BCUT2D eigenvalue weighted by Crippen LogP contribution is -2.53. The summed E-state index contributed by atoms with van der Waals surface area (Å²) in [7, 11) is 0. The molecule has 0 aromatic heterocycles. The van der Waals surface area contributed by atoms with Gasteiger partial charge in [0.15, 0.2) is 0 Å². The highest BCUT2D eigenvalue weighted by Crippen LogP contribution is 2.17. The fourth-order valence-electron chi connectivity index (χ4n) is 2.93. The minimum atomic E-state index is -0.725. The number of carboxylic acids is 1. The molecule has 1 N–H and O–H groups in total. The number of benzene rings is 1. The lowest BCUT2D eigenvalue weighted by atomic mass is 10.1. The van der Waals surface area contributed by atoms with Gasteiger partial charge in [-0.2, -0.15) is 0 Å². The van der Waals surface area contributed by atoms with Gasteiger partial charge >= 0.3 is 5.97 Å². The number of carbonyl (C=O) groups is 1. The highest BCUT2D eigenvalue weighted by Gasteiger charge is 2.27. The normalized spacial score (nSPS) is 20.9. The number of nitrogens with zero attached hydrogens (tertiary/aromatic N) is 2. The number of piperazine rings is 1. The van der Waals surface area contributed by atoms with Gasteiger partial charge < -0.3 is 5.11 Å². The van der Waals surface area contributed by atoms with Crippen LogP contribution in [-0.2, 0) is 11.3 Å². The molecular formula is C16H24N2O2. The third kappa shape index (κ3) is 4.32. The second-order valence-electron chi connectivity index (χ2n) is 5.53. The first-order valence-corrected chi connectivity index (χ1v) is 7.41. The number of carboxylic acid groups (broad SMARTS) is 1. The van der Waals surface area contributed by atoms with Crippen molar-refractivity contribution >= 4 is 5.97 Å². The zero-order valence-electron chi connectivity index (χ0n) is 12.2. The lowest BCUT2D eigenvalue weighted by molar-refractivity contribution is -0.139. The smallest absolute Gasteiger partial charge is 0.317 e. The van der Waals surface area contributed by atoms with Gasteiger partial charge in [0.1, 0.15) is 0 Å². The zero-order valence-corrected chi connectivity index (χ0v) is 12.2. The van der Waals surface area contributed by atoms with Gasteiger partial charge in [-0.1, -0.05) is 43.7 Å². The van der Waals surface area contributed by atoms with Crippen molar-refractivity contribution in [3.63, 3.8) is 0 Å². The van der Waals surface area contributed by atoms with Gasteiger partial charge in [-0.15, -0.1) is 0 Å². The molecule has 4 nitrogen and oxygen atoms in total. The van der Waals surface area contributed by atoms with Crippen LogP contribution in [0.1, 0.15) is 25.3 Å². The van der Waals surface area contributed by atoms with Crippen LogP contribution in [0.3, 0.4) is 0 Å². The molecule has 110 valence electrons. The molecular weight excluding hydrogens is 252 g/mol. The molecule has 0 amide bonds. The maximum atomic E-state index is 10.8. The van der Waals surface area contributed by atoms with Crippen molar-refractivity contribution in [2.45, 2.75) is 32.4 Å². The highest BCUT2D eigenvalue weighted by molar-refractivity contribution is 5.69. The molecule has 1 unspecified atom stereocenters. The van der Waals surface area contributed by atoms with Crippen molar-refractivity contribution in [1.82, 2.24) is 9.80 Å². The Hall–Kier alpha value is -1.39. The minimum absolute atomic E-state index is 0.166. The Bertz CT molecular complexity index is 422. The van der Waals surface area contributed by atoms with Crippen molar-refractivity contribution in [2.75, 3.05) is 26.2 Å².